The Morgan fingerprint density at radius 3 is 2.76 bits per heavy atom. The monoisotopic (exact) mass is 288 g/mol. The lowest BCUT2D eigenvalue weighted by atomic mass is 9.90. The van der Waals surface area contributed by atoms with Crippen LogP contribution in [0.4, 0.5) is 5.82 Å². The number of carbonyl (C=O) groups excluding carboxylic acids is 1. The molecule has 21 heavy (non-hydrogen) atoms. The second kappa shape index (κ2) is 5.90. The summed E-state index contributed by atoms with van der Waals surface area (Å²) in [6.45, 7) is 6.56. The SMILES string of the molecule is CC(C)(C)c1cc(C(=O)NCCc2ncn[nH]2)cc(N)n1. The van der Waals surface area contributed by atoms with Crippen molar-refractivity contribution < 1.29 is 4.79 Å². The summed E-state index contributed by atoms with van der Waals surface area (Å²) in [5.41, 5.74) is 6.94. The fourth-order valence-electron chi connectivity index (χ4n) is 1.81. The Morgan fingerprint density at radius 2 is 2.14 bits per heavy atom. The van der Waals surface area contributed by atoms with Crippen molar-refractivity contribution in [2.75, 3.05) is 12.3 Å². The first kappa shape index (κ1) is 15.0. The molecule has 0 radical (unpaired) electrons. The van der Waals surface area contributed by atoms with E-state index in [2.05, 4.69) is 25.5 Å². The molecule has 1 amide bonds. The minimum atomic E-state index is -0.172. The number of amides is 1. The van der Waals surface area contributed by atoms with E-state index in [-0.39, 0.29) is 11.3 Å². The van der Waals surface area contributed by atoms with Gasteiger partial charge in [0.05, 0.1) is 0 Å². The van der Waals surface area contributed by atoms with E-state index in [0.717, 1.165) is 11.5 Å². The van der Waals surface area contributed by atoms with Crippen molar-refractivity contribution in [1.29, 1.82) is 0 Å². The second-order valence-electron chi connectivity index (χ2n) is 5.85. The van der Waals surface area contributed by atoms with Gasteiger partial charge in [-0.1, -0.05) is 20.8 Å². The van der Waals surface area contributed by atoms with Gasteiger partial charge in [-0.05, 0) is 12.1 Å². The van der Waals surface area contributed by atoms with Crippen molar-refractivity contribution in [1.82, 2.24) is 25.5 Å². The van der Waals surface area contributed by atoms with Crippen LogP contribution in [-0.2, 0) is 11.8 Å². The van der Waals surface area contributed by atoms with Crippen LogP contribution in [-0.4, -0.2) is 32.6 Å². The molecule has 0 aliphatic carbocycles. The average Bonchev–Trinajstić information content (AvgIpc) is 2.90. The average molecular weight is 288 g/mol. The maximum atomic E-state index is 12.2. The van der Waals surface area contributed by atoms with E-state index in [1.165, 1.54) is 6.33 Å². The van der Waals surface area contributed by atoms with Gasteiger partial charge in [-0.3, -0.25) is 9.89 Å². The first-order valence-corrected chi connectivity index (χ1v) is 6.77. The van der Waals surface area contributed by atoms with Crippen molar-refractivity contribution in [2.24, 2.45) is 0 Å². The maximum absolute atomic E-state index is 12.2. The number of nitrogens with two attached hydrogens (primary N) is 1. The summed E-state index contributed by atoms with van der Waals surface area (Å²) < 4.78 is 0. The Balaban J connectivity index is 2.03. The fraction of sp³-hybridized carbons (Fsp3) is 0.429. The number of aromatic nitrogens is 4. The number of nitrogens with one attached hydrogen (secondary N) is 2. The third-order valence-electron chi connectivity index (χ3n) is 2.99. The maximum Gasteiger partial charge on any atom is 0.251 e. The number of rotatable bonds is 4. The van der Waals surface area contributed by atoms with Crippen molar-refractivity contribution in [3.8, 4) is 0 Å². The molecular formula is C14H20N6O. The lowest BCUT2D eigenvalue weighted by Gasteiger charge is -2.19. The quantitative estimate of drug-likeness (QED) is 0.779. The first-order chi connectivity index (χ1) is 9.86. The Labute approximate surface area is 123 Å². The molecule has 4 N–H and O–H groups in total. The van der Waals surface area contributed by atoms with Gasteiger partial charge < -0.3 is 11.1 Å². The van der Waals surface area contributed by atoms with Crippen molar-refractivity contribution in [3.05, 3.63) is 35.5 Å². The molecule has 0 aromatic carbocycles. The molecule has 0 fully saturated rings. The molecule has 2 aromatic heterocycles. The third kappa shape index (κ3) is 4.01. The predicted octanol–water partition coefficient (Wildman–Crippen LogP) is 1.05. The fourth-order valence-corrected chi connectivity index (χ4v) is 1.81. The van der Waals surface area contributed by atoms with E-state index in [4.69, 9.17) is 5.73 Å². The van der Waals surface area contributed by atoms with Crippen LogP contribution < -0.4 is 11.1 Å². The summed E-state index contributed by atoms with van der Waals surface area (Å²) in [5.74, 6) is 0.914. The molecule has 0 unspecified atom stereocenters. The molecule has 2 rings (SSSR count). The molecule has 2 heterocycles. The summed E-state index contributed by atoms with van der Waals surface area (Å²) >= 11 is 0. The van der Waals surface area contributed by atoms with Crippen molar-refractivity contribution >= 4 is 11.7 Å². The highest BCUT2D eigenvalue weighted by atomic mass is 16.1. The van der Waals surface area contributed by atoms with Crippen molar-refractivity contribution in [2.45, 2.75) is 32.6 Å². The highest BCUT2D eigenvalue weighted by molar-refractivity contribution is 5.94. The molecular weight excluding hydrogens is 268 g/mol. The van der Waals surface area contributed by atoms with Gasteiger partial charge in [-0.2, -0.15) is 5.10 Å². The number of anilines is 1. The van der Waals surface area contributed by atoms with Gasteiger partial charge in [0, 0.05) is 29.6 Å². The van der Waals surface area contributed by atoms with Gasteiger partial charge in [-0.15, -0.1) is 0 Å². The number of pyridine rings is 1. The number of H-pyrrole nitrogens is 1. The van der Waals surface area contributed by atoms with Crippen LogP contribution in [0.5, 0.6) is 0 Å². The molecule has 2 aromatic rings. The molecule has 112 valence electrons. The van der Waals surface area contributed by atoms with Gasteiger partial charge in [0.1, 0.15) is 18.0 Å². The van der Waals surface area contributed by atoms with Crippen LogP contribution in [0.15, 0.2) is 18.5 Å². The number of nitrogens with zero attached hydrogens (tertiary/aromatic N) is 3. The summed E-state index contributed by atoms with van der Waals surface area (Å²) in [5, 5.41) is 9.33. The smallest absolute Gasteiger partial charge is 0.251 e. The van der Waals surface area contributed by atoms with Gasteiger partial charge in [-0.25, -0.2) is 9.97 Å². The number of aromatic amines is 1. The van der Waals surface area contributed by atoms with E-state index in [0.29, 0.717) is 24.3 Å². The van der Waals surface area contributed by atoms with Gasteiger partial charge in [0.2, 0.25) is 0 Å². The normalized spacial score (nSPS) is 11.4. The molecule has 0 aliphatic heterocycles. The van der Waals surface area contributed by atoms with E-state index < -0.39 is 0 Å². The van der Waals surface area contributed by atoms with E-state index >= 15 is 0 Å². The summed E-state index contributed by atoms with van der Waals surface area (Å²) in [4.78, 5) is 20.4. The molecule has 0 aliphatic rings. The highest BCUT2D eigenvalue weighted by Gasteiger charge is 2.18. The van der Waals surface area contributed by atoms with Crippen LogP contribution in [0.1, 0.15) is 42.6 Å². The Hall–Kier alpha value is -2.44. The van der Waals surface area contributed by atoms with Gasteiger partial charge in [0.15, 0.2) is 0 Å². The zero-order valence-corrected chi connectivity index (χ0v) is 12.5. The standard InChI is InChI=1S/C14H20N6O/c1-14(2,3)10-6-9(7-11(15)19-10)13(21)16-5-4-12-17-8-18-20-12/h6-8H,4-5H2,1-3H3,(H2,15,19)(H,16,21)(H,17,18,20). The summed E-state index contributed by atoms with van der Waals surface area (Å²) in [7, 11) is 0. The van der Waals surface area contributed by atoms with E-state index in [1.807, 2.05) is 20.8 Å². The van der Waals surface area contributed by atoms with Gasteiger partial charge in [0.25, 0.3) is 5.91 Å². The third-order valence-corrected chi connectivity index (χ3v) is 2.99. The molecule has 7 nitrogen and oxygen atoms in total. The summed E-state index contributed by atoms with van der Waals surface area (Å²) in [6.07, 6.45) is 2.04. The van der Waals surface area contributed by atoms with Crippen LogP contribution >= 0.6 is 0 Å². The molecule has 0 spiro atoms. The molecule has 7 heteroatoms. The molecule has 0 bridgehead atoms. The molecule has 0 saturated heterocycles. The number of hydrogen-bond acceptors (Lipinski definition) is 5. The minimum Gasteiger partial charge on any atom is -0.384 e. The van der Waals surface area contributed by atoms with E-state index in [1.54, 1.807) is 12.1 Å². The van der Waals surface area contributed by atoms with Crippen LogP contribution in [0, 0.1) is 0 Å². The second-order valence-corrected chi connectivity index (χ2v) is 5.85. The van der Waals surface area contributed by atoms with E-state index in [9.17, 15) is 4.79 Å². The minimum absolute atomic E-state index is 0.162. The topological polar surface area (TPSA) is 110 Å². The van der Waals surface area contributed by atoms with Crippen LogP contribution in [0.3, 0.4) is 0 Å². The molecule has 0 atom stereocenters. The zero-order chi connectivity index (χ0) is 15.5. The van der Waals surface area contributed by atoms with Crippen molar-refractivity contribution in [3.63, 3.8) is 0 Å². The van der Waals surface area contributed by atoms with Crippen LogP contribution in [0.2, 0.25) is 0 Å². The predicted molar refractivity (Wildman–Crippen MR) is 79.8 cm³/mol. The van der Waals surface area contributed by atoms with Gasteiger partial charge >= 0.3 is 0 Å². The number of hydrogen-bond donors (Lipinski definition) is 3. The number of nitrogen functional groups attached to an aromatic ring is 1. The summed E-state index contributed by atoms with van der Waals surface area (Å²) in [6, 6.07) is 3.36. The Morgan fingerprint density at radius 1 is 1.38 bits per heavy atom. The Kier molecular flexibility index (Phi) is 4.21. The highest BCUT2D eigenvalue weighted by Crippen LogP contribution is 2.22. The lowest BCUT2D eigenvalue weighted by Crippen LogP contribution is -2.27. The first-order valence-electron chi connectivity index (χ1n) is 6.77. The Bertz CT molecular complexity index is 615. The largest absolute Gasteiger partial charge is 0.384 e. The lowest BCUT2D eigenvalue weighted by molar-refractivity contribution is 0.0953. The zero-order valence-electron chi connectivity index (χ0n) is 12.5. The molecule has 0 saturated carbocycles. The van der Waals surface area contributed by atoms with Crippen LogP contribution in [0.25, 0.3) is 0 Å². The number of carbonyl (C=O) groups is 1.